The van der Waals surface area contributed by atoms with E-state index in [1.54, 1.807) is 0 Å². The third kappa shape index (κ3) is 2.36. The lowest BCUT2D eigenvalue weighted by Gasteiger charge is -2.08. The number of non-ortho nitro benzene ring substituents is 1. The van der Waals surface area contributed by atoms with E-state index in [-0.39, 0.29) is 35.3 Å². The Morgan fingerprint density at radius 3 is 2.90 bits per heavy atom. The molecular formula is C12H11N3O5. The second kappa shape index (κ2) is 5.49. The maximum atomic E-state index is 11.8. The molecule has 0 aliphatic rings. The molecule has 1 heterocycles. The number of nitrogens with zero attached hydrogens (tertiary/aromatic N) is 2. The van der Waals surface area contributed by atoms with E-state index in [0.29, 0.717) is 0 Å². The van der Waals surface area contributed by atoms with Gasteiger partial charge in [-0.25, -0.2) is 0 Å². The molecule has 0 spiro atoms. The molecule has 104 valence electrons. The fourth-order valence-electron chi connectivity index (χ4n) is 1.80. The molecule has 3 N–H and O–H groups in total. The number of phenolic OH excluding ortho intramolecular Hbond substituents is 1. The minimum Gasteiger partial charge on any atom is -0.505 e. The molecule has 2 rings (SSSR count). The number of nitro groups is 1. The van der Waals surface area contributed by atoms with Gasteiger partial charge >= 0.3 is 0 Å². The number of rotatable bonds is 4. The fourth-order valence-corrected chi connectivity index (χ4v) is 1.80. The van der Waals surface area contributed by atoms with Crippen molar-refractivity contribution in [3.05, 3.63) is 40.1 Å². The number of aliphatic hydroxyl groups excluding tert-OH is 1. The summed E-state index contributed by atoms with van der Waals surface area (Å²) in [5.41, 5.74) is -0.591. The average molecular weight is 277 g/mol. The number of aliphatic hydroxyl groups is 1. The number of aromatic nitrogens is 1. The number of nitro benzene ring substituents is 1. The number of hydrogen-bond acceptors (Lipinski definition) is 6. The Balaban J connectivity index is 2.64. The number of pyridine rings is 1. The third-order valence-electron chi connectivity index (χ3n) is 2.68. The Morgan fingerprint density at radius 1 is 1.50 bits per heavy atom. The van der Waals surface area contributed by atoms with E-state index >= 15 is 0 Å². The van der Waals surface area contributed by atoms with Crippen molar-refractivity contribution in [2.75, 3.05) is 13.2 Å². The van der Waals surface area contributed by atoms with Crippen molar-refractivity contribution >= 4 is 22.5 Å². The van der Waals surface area contributed by atoms with Gasteiger partial charge in [0.1, 0.15) is 5.52 Å². The minimum absolute atomic E-state index is 0.0177. The molecule has 8 heteroatoms. The summed E-state index contributed by atoms with van der Waals surface area (Å²) in [6.07, 6.45) is 1.36. The van der Waals surface area contributed by atoms with Crippen molar-refractivity contribution in [1.82, 2.24) is 10.3 Å². The zero-order chi connectivity index (χ0) is 14.7. The lowest BCUT2D eigenvalue weighted by atomic mass is 10.1. The van der Waals surface area contributed by atoms with Gasteiger partial charge in [-0.2, -0.15) is 0 Å². The molecule has 8 nitrogen and oxygen atoms in total. The van der Waals surface area contributed by atoms with Gasteiger partial charge in [0.25, 0.3) is 11.6 Å². The molecule has 1 aromatic heterocycles. The van der Waals surface area contributed by atoms with Crippen LogP contribution in [0.25, 0.3) is 10.9 Å². The van der Waals surface area contributed by atoms with Crippen LogP contribution in [0.4, 0.5) is 5.69 Å². The topological polar surface area (TPSA) is 126 Å². The van der Waals surface area contributed by atoms with Crippen molar-refractivity contribution in [3.63, 3.8) is 0 Å². The van der Waals surface area contributed by atoms with Gasteiger partial charge in [0.15, 0.2) is 5.75 Å². The number of carbonyl (C=O) groups is 1. The first-order valence-electron chi connectivity index (χ1n) is 5.70. The lowest BCUT2D eigenvalue weighted by Crippen LogP contribution is -2.26. The van der Waals surface area contributed by atoms with Crippen molar-refractivity contribution in [3.8, 4) is 5.75 Å². The second-order valence-electron chi connectivity index (χ2n) is 3.93. The molecule has 0 aliphatic heterocycles. The molecule has 0 aliphatic carbocycles. The van der Waals surface area contributed by atoms with Gasteiger partial charge in [0, 0.05) is 18.8 Å². The monoisotopic (exact) mass is 277 g/mol. The van der Waals surface area contributed by atoms with Crippen LogP contribution in [-0.2, 0) is 0 Å². The SMILES string of the molecule is O=C(NCCO)c1cc([N+](=O)[O-])c2cccnc2c1O. The Labute approximate surface area is 112 Å². The van der Waals surface area contributed by atoms with E-state index in [1.807, 2.05) is 0 Å². The summed E-state index contributed by atoms with van der Waals surface area (Å²) >= 11 is 0. The quantitative estimate of drug-likeness (QED) is 0.554. The third-order valence-corrected chi connectivity index (χ3v) is 2.68. The molecule has 0 fully saturated rings. The van der Waals surface area contributed by atoms with E-state index in [0.717, 1.165) is 6.07 Å². The highest BCUT2D eigenvalue weighted by Gasteiger charge is 2.22. The normalized spacial score (nSPS) is 10.4. The van der Waals surface area contributed by atoms with Crippen LogP contribution in [0.5, 0.6) is 5.75 Å². The van der Waals surface area contributed by atoms with Crippen LogP contribution in [0.1, 0.15) is 10.4 Å². The van der Waals surface area contributed by atoms with Gasteiger partial charge in [-0.1, -0.05) is 0 Å². The molecule has 0 saturated carbocycles. The molecule has 0 atom stereocenters. The van der Waals surface area contributed by atoms with Crippen molar-refractivity contribution in [1.29, 1.82) is 0 Å². The summed E-state index contributed by atoms with van der Waals surface area (Å²) in [4.78, 5) is 26.1. The molecule has 0 radical (unpaired) electrons. The van der Waals surface area contributed by atoms with Crippen molar-refractivity contribution in [2.24, 2.45) is 0 Å². The first kappa shape index (κ1) is 13.7. The molecule has 0 unspecified atom stereocenters. The Hall–Kier alpha value is -2.74. The van der Waals surface area contributed by atoms with Gasteiger partial charge in [0.05, 0.1) is 22.5 Å². The van der Waals surface area contributed by atoms with E-state index in [4.69, 9.17) is 5.11 Å². The first-order valence-corrected chi connectivity index (χ1v) is 5.70. The van der Waals surface area contributed by atoms with E-state index < -0.39 is 16.6 Å². The predicted octanol–water partition coefficient (Wildman–Crippen LogP) is 0.571. The number of benzene rings is 1. The predicted molar refractivity (Wildman–Crippen MR) is 69.5 cm³/mol. The largest absolute Gasteiger partial charge is 0.505 e. The number of fused-ring (bicyclic) bond motifs is 1. The minimum atomic E-state index is -0.716. The number of nitrogens with one attached hydrogen (secondary N) is 1. The molecule has 20 heavy (non-hydrogen) atoms. The average Bonchev–Trinajstić information content (AvgIpc) is 2.45. The number of carbonyl (C=O) groups excluding carboxylic acids is 1. The van der Waals surface area contributed by atoms with Crippen LogP contribution in [-0.4, -0.2) is 39.2 Å². The fraction of sp³-hybridized carbons (Fsp3) is 0.167. The summed E-state index contributed by atoms with van der Waals surface area (Å²) in [5.74, 6) is -1.14. The smallest absolute Gasteiger partial charge is 0.279 e. The van der Waals surface area contributed by atoms with Crippen LogP contribution >= 0.6 is 0 Å². The summed E-state index contributed by atoms with van der Waals surface area (Å²) in [5, 5.41) is 32.2. The zero-order valence-corrected chi connectivity index (χ0v) is 10.2. The highest BCUT2D eigenvalue weighted by Crippen LogP contribution is 2.34. The van der Waals surface area contributed by atoms with Crippen LogP contribution in [0, 0.1) is 10.1 Å². The summed E-state index contributed by atoms with van der Waals surface area (Å²) in [6.45, 7) is -0.299. The molecule has 1 amide bonds. The van der Waals surface area contributed by atoms with E-state index in [9.17, 15) is 20.0 Å². The first-order chi connectivity index (χ1) is 9.56. The molecule has 0 saturated heterocycles. The second-order valence-corrected chi connectivity index (χ2v) is 3.93. The van der Waals surface area contributed by atoms with Gasteiger partial charge < -0.3 is 15.5 Å². The molecule has 0 bridgehead atoms. The van der Waals surface area contributed by atoms with Crippen LogP contribution in [0.15, 0.2) is 24.4 Å². The van der Waals surface area contributed by atoms with E-state index in [2.05, 4.69) is 10.3 Å². The van der Waals surface area contributed by atoms with E-state index in [1.165, 1.54) is 18.3 Å². The van der Waals surface area contributed by atoms with Crippen LogP contribution in [0.3, 0.4) is 0 Å². The van der Waals surface area contributed by atoms with Gasteiger partial charge in [-0.05, 0) is 12.1 Å². The van der Waals surface area contributed by atoms with Gasteiger partial charge in [-0.15, -0.1) is 0 Å². The van der Waals surface area contributed by atoms with Gasteiger partial charge in [-0.3, -0.25) is 19.9 Å². The standard InChI is InChI=1S/C12H11N3O5/c16-5-4-14-12(18)8-6-9(15(19)20)7-2-1-3-13-10(7)11(8)17/h1-3,6,16-17H,4-5H2,(H,14,18). The Kier molecular flexibility index (Phi) is 3.76. The number of amides is 1. The maximum Gasteiger partial charge on any atom is 0.279 e. The maximum absolute atomic E-state index is 11.8. The number of hydrogen-bond donors (Lipinski definition) is 3. The number of aromatic hydroxyl groups is 1. The van der Waals surface area contributed by atoms with Crippen LogP contribution in [0.2, 0.25) is 0 Å². The highest BCUT2D eigenvalue weighted by molar-refractivity contribution is 6.05. The Morgan fingerprint density at radius 2 is 2.25 bits per heavy atom. The van der Waals surface area contributed by atoms with Crippen molar-refractivity contribution < 1.29 is 19.9 Å². The molecule has 2 aromatic rings. The lowest BCUT2D eigenvalue weighted by molar-refractivity contribution is -0.383. The summed E-state index contributed by atoms with van der Waals surface area (Å²) in [7, 11) is 0. The highest BCUT2D eigenvalue weighted by atomic mass is 16.6. The summed E-state index contributed by atoms with van der Waals surface area (Å²) in [6, 6.07) is 3.93. The van der Waals surface area contributed by atoms with Crippen molar-refractivity contribution in [2.45, 2.75) is 0 Å². The Bertz CT molecular complexity index is 686. The number of phenols is 1. The van der Waals surface area contributed by atoms with Crippen LogP contribution < -0.4 is 5.32 Å². The van der Waals surface area contributed by atoms with Gasteiger partial charge in [0.2, 0.25) is 0 Å². The summed E-state index contributed by atoms with van der Waals surface area (Å²) < 4.78 is 0. The molecular weight excluding hydrogens is 266 g/mol. The zero-order valence-electron chi connectivity index (χ0n) is 10.2. The molecule has 1 aromatic carbocycles.